The number of ether oxygens (including phenoxy) is 1. The first-order valence-corrected chi connectivity index (χ1v) is 16.6. The zero-order valence-corrected chi connectivity index (χ0v) is 26.0. The van der Waals surface area contributed by atoms with E-state index in [2.05, 4.69) is 22.3 Å². The van der Waals surface area contributed by atoms with Gasteiger partial charge >= 0.3 is 6.09 Å². The summed E-state index contributed by atoms with van der Waals surface area (Å²) in [6.07, 6.45) is 5.91. The molecule has 0 aromatic carbocycles. The molecule has 13 heteroatoms. The van der Waals surface area contributed by atoms with E-state index in [-0.39, 0.29) is 31.2 Å². The molecule has 0 aromatic heterocycles. The van der Waals surface area contributed by atoms with Crippen LogP contribution < -0.4 is 15.4 Å². The molecule has 0 bridgehead atoms. The van der Waals surface area contributed by atoms with E-state index in [0.717, 1.165) is 6.42 Å². The second-order valence-electron chi connectivity index (χ2n) is 13.5. The van der Waals surface area contributed by atoms with Gasteiger partial charge in [0, 0.05) is 18.9 Å². The number of hydrogen-bond acceptors (Lipinski definition) is 8. The second kappa shape index (κ2) is 12.1. The van der Waals surface area contributed by atoms with Crippen molar-refractivity contribution in [2.24, 2.45) is 17.8 Å². The molecule has 42 heavy (non-hydrogen) atoms. The number of nitrogens with one attached hydrogen (secondary N) is 3. The SMILES string of the molecule is CC[C@@H]1CC(C)CC/C=C\[C@@H]2C[C@@]2(C(=O)NS(=O)(=O)C2CC2)NC(=O)[C@@H]2C[C@@H](O)CN2C(=O)[C@H]1NC(=O)OC(C)(C)C. The molecule has 236 valence electrons. The van der Waals surface area contributed by atoms with Crippen molar-refractivity contribution in [1.29, 1.82) is 0 Å². The maximum absolute atomic E-state index is 14.1. The maximum Gasteiger partial charge on any atom is 0.408 e. The zero-order valence-electron chi connectivity index (χ0n) is 25.2. The summed E-state index contributed by atoms with van der Waals surface area (Å²) in [6.45, 7) is 9.08. The fourth-order valence-corrected chi connectivity index (χ4v) is 7.45. The summed E-state index contributed by atoms with van der Waals surface area (Å²) in [5, 5.41) is 15.5. The third kappa shape index (κ3) is 7.45. The Hall–Kier alpha value is -2.67. The maximum atomic E-state index is 14.1. The predicted molar refractivity (Wildman–Crippen MR) is 154 cm³/mol. The Labute approximate surface area is 248 Å². The number of hydrogen-bond donors (Lipinski definition) is 4. The largest absolute Gasteiger partial charge is 0.444 e. The Kier molecular flexibility index (Phi) is 9.32. The molecule has 4 amide bonds. The van der Waals surface area contributed by atoms with Gasteiger partial charge in [-0.2, -0.15) is 0 Å². The van der Waals surface area contributed by atoms with E-state index in [1.165, 1.54) is 4.90 Å². The lowest BCUT2D eigenvalue weighted by molar-refractivity contribution is -0.142. The van der Waals surface area contributed by atoms with E-state index in [1.54, 1.807) is 20.8 Å². The molecule has 2 heterocycles. The molecule has 0 spiro atoms. The minimum Gasteiger partial charge on any atom is -0.444 e. The number of nitrogens with zero attached hydrogens (tertiary/aromatic N) is 1. The number of aliphatic hydroxyl groups excluding tert-OH is 1. The Morgan fingerprint density at radius 3 is 2.50 bits per heavy atom. The van der Waals surface area contributed by atoms with Gasteiger partial charge in [0.15, 0.2) is 0 Å². The molecule has 7 atom stereocenters. The molecule has 2 aliphatic heterocycles. The van der Waals surface area contributed by atoms with Crippen LogP contribution in [0.25, 0.3) is 0 Å². The van der Waals surface area contributed by atoms with E-state index in [0.29, 0.717) is 32.1 Å². The van der Waals surface area contributed by atoms with E-state index < -0.39 is 74.3 Å². The van der Waals surface area contributed by atoms with E-state index in [9.17, 15) is 32.7 Å². The van der Waals surface area contributed by atoms with E-state index >= 15 is 0 Å². The van der Waals surface area contributed by atoms with Crippen LogP contribution in [0.2, 0.25) is 0 Å². The van der Waals surface area contributed by atoms with Crippen molar-refractivity contribution in [3.63, 3.8) is 0 Å². The van der Waals surface area contributed by atoms with Crippen LogP contribution >= 0.6 is 0 Å². The van der Waals surface area contributed by atoms with Crippen molar-refractivity contribution in [3.05, 3.63) is 12.2 Å². The van der Waals surface area contributed by atoms with Crippen LogP contribution in [-0.2, 0) is 29.1 Å². The number of allylic oxidation sites excluding steroid dienone is 1. The first-order chi connectivity index (χ1) is 19.6. The van der Waals surface area contributed by atoms with Gasteiger partial charge in [-0.25, -0.2) is 13.2 Å². The summed E-state index contributed by atoms with van der Waals surface area (Å²) >= 11 is 0. The Morgan fingerprint density at radius 1 is 1.19 bits per heavy atom. The number of fused-ring (bicyclic) bond motifs is 2. The van der Waals surface area contributed by atoms with Crippen molar-refractivity contribution in [2.75, 3.05) is 6.54 Å². The predicted octanol–water partition coefficient (Wildman–Crippen LogP) is 1.73. The highest BCUT2D eigenvalue weighted by atomic mass is 32.2. The molecule has 4 N–H and O–H groups in total. The number of sulfonamides is 1. The van der Waals surface area contributed by atoms with Gasteiger partial charge in [0.1, 0.15) is 23.2 Å². The number of alkyl carbamates (subject to hydrolysis) is 1. The van der Waals surface area contributed by atoms with Crippen molar-refractivity contribution in [2.45, 2.75) is 121 Å². The topological polar surface area (TPSA) is 171 Å². The fraction of sp³-hybridized carbons (Fsp3) is 0.793. The van der Waals surface area contributed by atoms with Gasteiger partial charge in [0.05, 0.1) is 11.4 Å². The third-order valence-electron chi connectivity index (χ3n) is 8.66. The van der Waals surface area contributed by atoms with Crippen molar-refractivity contribution in [1.82, 2.24) is 20.3 Å². The molecule has 2 saturated carbocycles. The van der Waals surface area contributed by atoms with Crippen LogP contribution in [0.3, 0.4) is 0 Å². The van der Waals surface area contributed by atoms with Gasteiger partial charge in [-0.3, -0.25) is 19.1 Å². The monoisotopic (exact) mass is 610 g/mol. The van der Waals surface area contributed by atoms with Gasteiger partial charge in [0.25, 0.3) is 5.91 Å². The first-order valence-electron chi connectivity index (χ1n) is 15.1. The molecule has 4 aliphatic rings. The molecule has 4 rings (SSSR count). The van der Waals surface area contributed by atoms with Crippen molar-refractivity contribution < 1.29 is 37.4 Å². The Morgan fingerprint density at radius 2 is 1.88 bits per heavy atom. The summed E-state index contributed by atoms with van der Waals surface area (Å²) < 4.78 is 32.8. The molecule has 0 radical (unpaired) electrons. The van der Waals surface area contributed by atoms with Gasteiger partial charge in [-0.1, -0.05) is 32.4 Å². The quantitative estimate of drug-likeness (QED) is 0.341. The highest BCUT2D eigenvalue weighted by Crippen LogP contribution is 2.46. The molecular formula is C29H46N4O8S. The van der Waals surface area contributed by atoms with Crippen LogP contribution in [0.4, 0.5) is 4.79 Å². The Balaban J connectivity index is 1.65. The van der Waals surface area contributed by atoms with Crippen molar-refractivity contribution in [3.8, 4) is 0 Å². The highest BCUT2D eigenvalue weighted by Gasteiger charge is 2.62. The van der Waals surface area contributed by atoms with E-state index in [4.69, 9.17) is 4.74 Å². The molecule has 0 aromatic rings. The highest BCUT2D eigenvalue weighted by molar-refractivity contribution is 7.91. The summed E-state index contributed by atoms with van der Waals surface area (Å²) in [7, 11) is -3.85. The van der Waals surface area contributed by atoms with Gasteiger partial charge in [0.2, 0.25) is 21.8 Å². The zero-order chi connectivity index (χ0) is 31.0. The summed E-state index contributed by atoms with van der Waals surface area (Å²) in [5.41, 5.74) is -2.26. The average molecular weight is 611 g/mol. The van der Waals surface area contributed by atoms with Gasteiger partial charge in [-0.15, -0.1) is 0 Å². The summed E-state index contributed by atoms with van der Waals surface area (Å²) in [6, 6.07) is -2.10. The smallest absolute Gasteiger partial charge is 0.408 e. The number of carbonyl (C=O) groups excluding carboxylic acids is 4. The van der Waals surface area contributed by atoms with Crippen LogP contribution in [-0.4, -0.2) is 83.4 Å². The average Bonchev–Trinajstić information content (AvgIpc) is 3.80. The second-order valence-corrected chi connectivity index (χ2v) is 15.4. The van der Waals surface area contributed by atoms with E-state index in [1.807, 2.05) is 19.1 Å². The van der Waals surface area contributed by atoms with Crippen LogP contribution in [0, 0.1) is 17.8 Å². The molecular weight excluding hydrogens is 564 g/mol. The first kappa shape index (κ1) is 32.2. The van der Waals surface area contributed by atoms with Crippen LogP contribution in [0.5, 0.6) is 0 Å². The molecule has 2 aliphatic carbocycles. The lowest BCUT2D eigenvalue weighted by atomic mass is 9.85. The standard InChI is InChI=1S/C29H46N4O8S/c1-6-18-13-17(2)9-7-8-10-19-15-29(19,26(37)32-42(39,40)21-11-12-21)31-24(35)22-14-20(34)16-33(22)25(36)23(18)30-27(38)41-28(3,4)5/h8,10,17-23,34H,6-7,9,11-16H2,1-5H3,(H,30,38)(H,31,35)(H,32,37)/b10-8-/t17?,18-,19-,20-,22+,23+,29-/m1/s1. The summed E-state index contributed by atoms with van der Waals surface area (Å²) in [4.78, 5) is 55.3. The number of rotatable bonds is 5. The van der Waals surface area contributed by atoms with Gasteiger partial charge < -0.3 is 25.4 Å². The molecule has 12 nitrogen and oxygen atoms in total. The summed E-state index contributed by atoms with van der Waals surface area (Å²) in [5.74, 6) is -2.42. The van der Waals surface area contributed by atoms with Crippen molar-refractivity contribution >= 4 is 33.8 Å². The van der Waals surface area contributed by atoms with Crippen LogP contribution in [0.1, 0.15) is 86.0 Å². The number of carbonyl (C=O) groups is 4. The molecule has 3 fully saturated rings. The molecule has 1 unspecified atom stereocenters. The normalized spacial score (nSPS) is 35.0. The van der Waals surface area contributed by atoms with Crippen LogP contribution in [0.15, 0.2) is 12.2 Å². The molecule has 1 saturated heterocycles. The lowest BCUT2D eigenvalue weighted by Gasteiger charge is -2.34. The third-order valence-corrected chi connectivity index (χ3v) is 10.5. The fourth-order valence-electron chi connectivity index (χ4n) is 6.08. The number of aliphatic hydroxyl groups is 1. The minimum absolute atomic E-state index is 0.0531. The van der Waals surface area contributed by atoms with Gasteiger partial charge in [-0.05, 0) is 71.1 Å². The Bertz CT molecular complexity index is 1210. The minimum atomic E-state index is -3.85. The lowest BCUT2D eigenvalue weighted by Crippen LogP contribution is -2.59. The number of amides is 4.